The van der Waals surface area contributed by atoms with Crippen LogP contribution in [0.4, 0.5) is 0 Å². The van der Waals surface area contributed by atoms with Gasteiger partial charge in [0, 0.05) is 26.1 Å². The van der Waals surface area contributed by atoms with Crippen LogP contribution >= 0.6 is 12.4 Å². The number of carboxylic acids is 1. The molecule has 1 rings (SSSR count). The predicted octanol–water partition coefficient (Wildman–Crippen LogP) is 2.53. The molecule has 6 heteroatoms. The summed E-state index contributed by atoms with van der Waals surface area (Å²) in [4.78, 5) is 24.8. The molecule has 5 nitrogen and oxygen atoms in total. The van der Waals surface area contributed by atoms with Gasteiger partial charge in [-0.05, 0) is 31.6 Å². The van der Waals surface area contributed by atoms with Gasteiger partial charge in [-0.1, -0.05) is 26.7 Å². The number of nitrogens with zero attached hydrogens (tertiary/aromatic N) is 1. The SMILES string of the molecule is CCCC(CN1C[C@@H](CC)C[C@@H]1C(=O)O)C(C)NC(C)=O.Cl. The van der Waals surface area contributed by atoms with Crippen LogP contribution in [-0.2, 0) is 9.59 Å². The van der Waals surface area contributed by atoms with Crippen LogP contribution in [0.1, 0.15) is 53.4 Å². The zero-order valence-corrected chi connectivity index (χ0v) is 15.0. The molecule has 4 atom stereocenters. The van der Waals surface area contributed by atoms with Gasteiger partial charge in [-0.25, -0.2) is 0 Å². The number of nitrogens with one attached hydrogen (secondary N) is 1. The second-order valence-electron chi connectivity index (χ2n) is 6.36. The molecular formula is C16H31ClN2O3. The van der Waals surface area contributed by atoms with E-state index in [1.807, 2.05) is 6.92 Å². The Morgan fingerprint density at radius 1 is 1.36 bits per heavy atom. The molecule has 1 amide bonds. The minimum atomic E-state index is -0.714. The van der Waals surface area contributed by atoms with Gasteiger partial charge >= 0.3 is 5.97 Å². The molecule has 0 saturated carbocycles. The lowest BCUT2D eigenvalue weighted by Crippen LogP contribution is -2.45. The highest BCUT2D eigenvalue weighted by molar-refractivity contribution is 5.85. The first-order chi connectivity index (χ1) is 9.88. The molecule has 0 aromatic heterocycles. The topological polar surface area (TPSA) is 69.6 Å². The second kappa shape index (κ2) is 10.1. The first-order valence-electron chi connectivity index (χ1n) is 8.12. The molecule has 130 valence electrons. The van der Waals surface area contributed by atoms with E-state index in [1.165, 1.54) is 6.92 Å². The summed E-state index contributed by atoms with van der Waals surface area (Å²) in [5.74, 6) is 0.0421. The zero-order valence-electron chi connectivity index (χ0n) is 14.2. The Bertz CT molecular complexity index is 365. The molecule has 2 N–H and O–H groups in total. The highest BCUT2D eigenvalue weighted by Gasteiger charge is 2.37. The van der Waals surface area contributed by atoms with Crippen LogP contribution in [0.2, 0.25) is 0 Å². The lowest BCUT2D eigenvalue weighted by atomic mass is 9.95. The molecule has 1 saturated heterocycles. The van der Waals surface area contributed by atoms with Gasteiger partial charge in [0.15, 0.2) is 0 Å². The van der Waals surface area contributed by atoms with Crippen molar-refractivity contribution in [2.45, 2.75) is 65.5 Å². The van der Waals surface area contributed by atoms with Gasteiger partial charge in [0.1, 0.15) is 6.04 Å². The Morgan fingerprint density at radius 3 is 2.45 bits per heavy atom. The monoisotopic (exact) mass is 334 g/mol. The van der Waals surface area contributed by atoms with E-state index in [1.54, 1.807) is 0 Å². The molecule has 1 aliphatic rings. The fourth-order valence-corrected chi connectivity index (χ4v) is 3.36. The largest absolute Gasteiger partial charge is 0.480 e. The number of hydrogen-bond acceptors (Lipinski definition) is 3. The van der Waals surface area contributed by atoms with Gasteiger partial charge in [-0.3, -0.25) is 14.5 Å². The normalized spacial score (nSPS) is 24.4. The minimum absolute atomic E-state index is 0. The minimum Gasteiger partial charge on any atom is -0.480 e. The standard InChI is InChI=1S/C16H30N2O3.ClH/c1-5-7-14(11(3)17-12(4)19)10-18-9-13(6-2)8-15(18)16(20)21;/h11,13-15H,5-10H2,1-4H3,(H,17,19)(H,20,21);1H/t11?,13-,14?,15+;/m0./s1. The quantitative estimate of drug-likeness (QED) is 0.715. The van der Waals surface area contributed by atoms with Crippen molar-refractivity contribution >= 4 is 24.3 Å². The summed E-state index contributed by atoms with van der Waals surface area (Å²) in [5, 5.41) is 12.4. The first-order valence-corrected chi connectivity index (χ1v) is 8.12. The van der Waals surface area contributed by atoms with Gasteiger partial charge in [0.25, 0.3) is 0 Å². The van der Waals surface area contributed by atoms with Crippen LogP contribution in [0.3, 0.4) is 0 Å². The number of amides is 1. The molecule has 0 spiro atoms. The maximum Gasteiger partial charge on any atom is 0.320 e. The van der Waals surface area contributed by atoms with E-state index in [0.29, 0.717) is 11.8 Å². The van der Waals surface area contributed by atoms with Gasteiger partial charge in [-0.2, -0.15) is 0 Å². The summed E-state index contributed by atoms with van der Waals surface area (Å²) >= 11 is 0. The van der Waals surface area contributed by atoms with E-state index >= 15 is 0 Å². The van der Waals surface area contributed by atoms with Gasteiger partial charge in [0.2, 0.25) is 5.91 Å². The Kier molecular flexibility index (Phi) is 9.69. The number of rotatable bonds is 8. The van der Waals surface area contributed by atoms with Crippen molar-refractivity contribution < 1.29 is 14.7 Å². The average Bonchev–Trinajstić information content (AvgIpc) is 2.80. The zero-order chi connectivity index (χ0) is 16.0. The van der Waals surface area contributed by atoms with Crippen LogP contribution in [0.15, 0.2) is 0 Å². The number of aliphatic carboxylic acids is 1. The van der Waals surface area contributed by atoms with Crippen molar-refractivity contribution in [2.24, 2.45) is 11.8 Å². The third-order valence-corrected chi connectivity index (χ3v) is 4.62. The molecule has 22 heavy (non-hydrogen) atoms. The van der Waals surface area contributed by atoms with Crippen molar-refractivity contribution in [1.29, 1.82) is 0 Å². The summed E-state index contributed by atoms with van der Waals surface area (Å²) in [6.45, 7) is 9.41. The number of likely N-dealkylation sites (tertiary alicyclic amines) is 1. The molecule has 0 aliphatic carbocycles. The smallest absolute Gasteiger partial charge is 0.320 e. The van der Waals surface area contributed by atoms with Crippen molar-refractivity contribution in [3.05, 3.63) is 0 Å². The lowest BCUT2D eigenvalue weighted by Gasteiger charge is -2.31. The highest BCUT2D eigenvalue weighted by Crippen LogP contribution is 2.28. The fourth-order valence-electron chi connectivity index (χ4n) is 3.36. The number of carbonyl (C=O) groups excluding carboxylic acids is 1. The van der Waals surface area contributed by atoms with Crippen LogP contribution in [0.25, 0.3) is 0 Å². The maximum absolute atomic E-state index is 11.4. The van der Waals surface area contributed by atoms with Gasteiger partial charge < -0.3 is 10.4 Å². The first kappa shape index (κ1) is 21.2. The van der Waals surface area contributed by atoms with Crippen LogP contribution in [-0.4, -0.2) is 47.1 Å². The van der Waals surface area contributed by atoms with Gasteiger partial charge in [0.05, 0.1) is 0 Å². The lowest BCUT2D eigenvalue weighted by molar-refractivity contribution is -0.142. The summed E-state index contributed by atoms with van der Waals surface area (Å²) < 4.78 is 0. The molecule has 0 aromatic carbocycles. The summed E-state index contributed by atoms with van der Waals surface area (Å²) in [6.07, 6.45) is 3.82. The van der Waals surface area contributed by atoms with E-state index in [4.69, 9.17) is 0 Å². The molecule has 0 radical (unpaired) electrons. The fraction of sp³-hybridized carbons (Fsp3) is 0.875. The van der Waals surface area contributed by atoms with E-state index in [9.17, 15) is 14.7 Å². The molecule has 1 heterocycles. The predicted molar refractivity (Wildman–Crippen MR) is 90.3 cm³/mol. The van der Waals surface area contributed by atoms with Crippen molar-refractivity contribution in [2.75, 3.05) is 13.1 Å². The van der Waals surface area contributed by atoms with E-state index in [0.717, 1.165) is 38.8 Å². The molecule has 2 unspecified atom stereocenters. The molecule has 1 aliphatic heterocycles. The van der Waals surface area contributed by atoms with Gasteiger partial charge in [-0.15, -0.1) is 12.4 Å². The molecule has 0 aromatic rings. The van der Waals surface area contributed by atoms with Crippen molar-refractivity contribution in [3.8, 4) is 0 Å². The van der Waals surface area contributed by atoms with Crippen molar-refractivity contribution in [3.63, 3.8) is 0 Å². The highest BCUT2D eigenvalue weighted by atomic mass is 35.5. The number of hydrogen-bond donors (Lipinski definition) is 2. The Labute approximate surface area is 140 Å². The third kappa shape index (κ3) is 6.13. The number of halogens is 1. The maximum atomic E-state index is 11.4. The molecule has 1 fully saturated rings. The third-order valence-electron chi connectivity index (χ3n) is 4.62. The summed E-state index contributed by atoms with van der Waals surface area (Å²) in [7, 11) is 0. The summed E-state index contributed by atoms with van der Waals surface area (Å²) in [5.41, 5.74) is 0. The molecule has 0 bridgehead atoms. The molecular weight excluding hydrogens is 304 g/mol. The van der Waals surface area contributed by atoms with Crippen LogP contribution < -0.4 is 5.32 Å². The Hall–Kier alpha value is -0.810. The Morgan fingerprint density at radius 2 is 2.00 bits per heavy atom. The van der Waals surface area contributed by atoms with Crippen LogP contribution in [0, 0.1) is 11.8 Å². The summed E-state index contributed by atoms with van der Waals surface area (Å²) in [6, 6.07) is -0.281. The van der Waals surface area contributed by atoms with E-state index in [2.05, 4.69) is 24.1 Å². The Balaban J connectivity index is 0.00000441. The van der Waals surface area contributed by atoms with Crippen LogP contribution in [0.5, 0.6) is 0 Å². The second-order valence-corrected chi connectivity index (χ2v) is 6.36. The van der Waals surface area contributed by atoms with E-state index in [-0.39, 0.29) is 30.4 Å². The number of carboxylic acid groups (broad SMARTS) is 1. The van der Waals surface area contributed by atoms with Crippen molar-refractivity contribution in [1.82, 2.24) is 10.2 Å². The average molecular weight is 335 g/mol. The number of carbonyl (C=O) groups is 2. The van der Waals surface area contributed by atoms with E-state index < -0.39 is 5.97 Å².